The number of hydrogen-bond donors (Lipinski definition) is 2. The Kier molecular flexibility index (Phi) is 7.78. The summed E-state index contributed by atoms with van der Waals surface area (Å²) in [5.74, 6) is 1.02. The second-order valence-electron chi connectivity index (χ2n) is 6.55. The molecule has 0 aliphatic rings. The van der Waals surface area contributed by atoms with Gasteiger partial charge in [-0.15, -0.1) is 0 Å². The van der Waals surface area contributed by atoms with E-state index in [-0.39, 0.29) is 6.61 Å². The highest BCUT2D eigenvalue weighted by Crippen LogP contribution is 2.37. The Morgan fingerprint density at radius 1 is 0.966 bits per heavy atom. The number of rotatable bonds is 9. The highest BCUT2D eigenvalue weighted by molar-refractivity contribution is 6.32. The van der Waals surface area contributed by atoms with E-state index in [4.69, 9.17) is 32.7 Å². The summed E-state index contributed by atoms with van der Waals surface area (Å²) in [4.78, 5) is 0. The average Bonchev–Trinajstić information content (AvgIpc) is 2.74. The van der Waals surface area contributed by atoms with Gasteiger partial charge in [0.05, 0.1) is 18.2 Å². The van der Waals surface area contributed by atoms with Gasteiger partial charge in [0, 0.05) is 23.7 Å². The number of benzene rings is 3. The van der Waals surface area contributed by atoms with Crippen LogP contribution in [0.2, 0.25) is 10.0 Å². The SMILES string of the molecule is COc1cc(CNC[C@H](O)c2ccccc2)cc(Cl)c1OCc1ccccc1Cl. The van der Waals surface area contributed by atoms with E-state index < -0.39 is 6.10 Å². The van der Waals surface area contributed by atoms with Crippen molar-refractivity contribution >= 4 is 23.2 Å². The molecular weight excluding hydrogens is 409 g/mol. The smallest absolute Gasteiger partial charge is 0.180 e. The summed E-state index contributed by atoms with van der Waals surface area (Å²) in [5, 5.41) is 14.6. The predicted octanol–water partition coefficient (Wildman–Crippen LogP) is 5.40. The van der Waals surface area contributed by atoms with Gasteiger partial charge in [-0.1, -0.05) is 71.7 Å². The van der Waals surface area contributed by atoms with Crippen LogP contribution in [-0.2, 0) is 13.2 Å². The topological polar surface area (TPSA) is 50.7 Å². The number of methoxy groups -OCH3 is 1. The number of aliphatic hydroxyl groups excluding tert-OH is 1. The molecule has 152 valence electrons. The van der Waals surface area contributed by atoms with E-state index in [1.807, 2.05) is 66.7 Å². The molecule has 0 saturated carbocycles. The molecule has 6 heteroatoms. The molecular formula is C23H23Cl2NO3. The third-order valence-corrected chi connectivity index (χ3v) is 5.12. The van der Waals surface area contributed by atoms with Gasteiger partial charge in [-0.3, -0.25) is 0 Å². The van der Waals surface area contributed by atoms with E-state index in [0.29, 0.717) is 34.6 Å². The third-order valence-electron chi connectivity index (χ3n) is 4.47. The normalized spacial score (nSPS) is 11.9. The van der Waals surface area contributed by atoms with Gasteiger partial charge in [0.2, 0.25) is 0 Å². The Bertz CT molecular complexity index is 935. The van der Waals surface area contributed by atoms with Crippen LogP contribution < -0.4 is 14.8 Å². The zero-order chi connectivity index (χ0) is 20.6. The summed E-state index contributed by atoms with van der Waals surface area (Å²) in [6.45, 7) is 1.25. The molecule has 0 unspecified atom stereocenters. The Balaban J connectivity index is 1.62. The second-order valence-corrected chi connectivity index (χ2v) is 7.36. The molecule has 0 aliphatic carbocycles. The van der Waals surface area contributed by atoms with Gasteiger partial charge in [0.1, 0.15) is 6.61 Å². The van der Waals surface area contributed by atoms with Crippen molar-refractivity contribution in [1.29, 1.82) is 0 Å². The highest BCUT2D eigenvalue weighted by Gasteiger charge is 2.14. The number of aliphatic hydroxyl groups is 1. The summed E-state index contributed by atoms with van der Waals surface area (Å²) < 4.78 is 11.3. The fourth-order valence-corrected chi connectivity index (χ4v) is 3.41. The number of nitrogens with one attached hydrogen (secondary N) is 1. The lowest BCUT2D eigenvalue weighted by Gasteiger charge is -2.16. The van der Waals surface area contributed by atoms with Crippen LogP contribution in [0.1, 0.15) is 22.8 Å². The van der Waals surface area contributed by atoms with Crippen LogP contribution in [0, 0.1) is 0 Å². The fraction of sp³-hybridized carbons (Fsp3) is 0.217. The quantitative estimate of drug-likeness (QED) is 0.475. The van der Waals surface area contributed by atoms with Crippen LogP contribution >= 0.6 is 23.2 Å². The van der Waals surface area contributed by atoms with E-state index in [1.54, 1.807) is 7.11 Å². The molecule has 3 rings (SSSR count). The van der Waals surface area contributed by atoms with Crippen LogP contribution in [-0.4, -0.2) is 18.8 Å². The van der Waals surface area contributed by atoms with Crippen molar-refractivity contribution in [2.24, 2.45) is 0 Å². The van der Waals surface area contributed by atoms with Crippen LogP contribution in [0.25, 0.3) is 0 Å². The molecule has 3 aromatic carbocycles. The van der Waals surface area contributed by atoms with Gasteiger partial charge in [-0.2, -0.15) is 0 Å². The van der Waals surface area contributed by atoms with Gasteiger partial charge < -0.3 is 19.9 Å². The molecule has 2 N–H and O–H groups in total. The summed E-state index contributed by atoms with van der Waals surface area (Å²) in [6, 6.07) is 20.7. The van der Waals surface area contributed by atoms with Crippen LogP contribution in [0.3, 0.4) is 0 Å². The van der Waals surface area contributed by atoms with E-state index in [9.17, 15) is 5.11 Å². The fourth-order valence-electron chi connectivity index (χ4n) is 2.93. The first-order valence-corrected chi connectivity index (χ1v) is 10.0. The first-order chi connectivity index (χ1) is 14.1. The molecule has 1 atom stereocenters. The average molecular weight is 432 g/mol. The second kappa shape index (κ2) is 10.5. The van der Waals surface area contributed by atoms with E-state index in [0.717, 1.165) is 16.7 Å². The van der Waals surface area contributed by atoms with Gasteiger partial charge in [0.25, 0.3) is 0 Å². The third kappa shape index (κ3) is 5.87. The molecule has 29 heavy (non-hydrogen) atoms. The minimum absolute atomic E-state index is 0.288. The first kappa shape index (κ1) is 21.5. The van der Waals surface area contributed by atoms with E-state index >= 15 is 0 Å². The zero-order valence-corrected chi connectivity index (χ0v) is 17.6. The maximum Gasteiger partial charge on any atom is 0.180 e. The lowest BCUT2D eigenvalue weighted by molar-refractivity contribution is 0.174. The van der Waals surface area contributed by atoms with Crippen LogP contribution in [0.15, 0.2) is 66.7 Å². The predicted molar refractivity (Wildman–Crippen MR) is 117 cm³/mol. The zero-order valence-electron chi connectivity index (χ0n) is 16.1. The Morgan fingerprint density at radius 3 is 2.41 bits per heavy atom. The highest BCUT2D eigenvalue weighted by atomic mass is 35.5. The van der Waals surface area contributed by atoms with Crippen molar-refractivity contribution in [1.82, 2.24) is 5.32 Å². The molecule has 0 bridgehead atoms. The molecule has 4 nitrogen and oxygen atoms in total. The molecule has 0 fully saturated rings. The molecule has 0 aliphatic heterocycles. The van der Waals surface area contributed by atoms with Gasteiger partial charge in [-0.25, -0.2) is 0 Å². The molecule has 0 amide bonds. The minimum atomic E-state index is -0.577. The first-order valence-electron chi connectivity index (χ1n) is 9.25. The van der Waals surface area contributed by atoms with Gasteiger partial charge >= 0.3 is 0 Å². The molecule has 3 aromatic rings. The Morgan fingerprint density at radius 2 is 1.69 bits per heavy atom. The molecule has 0 saturated heterocycles. The number of halogens is 2. The standard InChI is InChI=1S/C23H23Cl2NO3/c1-28-22-12-16(13-26-14-21(27)17-7-3-2-4-8-17)11-20(25)23(22)29-15-18-9-5-6-10-19(18)24/h2-12,21,26-27H,13-15H2,1H3/t21-/m0/s1. The van der Waals surface area contributed by atoms with Crippen molar-refractivity contribution < 1.29 is 14.6 Å². The van der Waals surface area contributed by atoms with E-state index in [2.05, 4.69) is 5.32 Å². The summed E-state index contributed by atoms with van der Waals surface area (Å²) in [6.07, 6.45) is -0.577. The van der Waals surface area contributed by atoms with E-state index in [1.165, 1.54) is 0 Å². The monoisotopic (exact) mass is 431 g/mol. The maximum atomic E-state index is 10.3. The van der Waals surface area contributed by atoms with Crippen molar-refractivity contribution in [3.8, 4) is 11.5 Å². The molecule has 0 radical (unpaired) electrons. The summed E-state index contributed by atoms with van der Waals surface area (Å²) >= 11 is 12.6. The summed E-state index contributed by atoms with van der Waals surface area (Å²) in [7, 11) is 1.57. The Labute approximate surface area is 181 Å². The largest absolute Gasteiger partial charge is 0.493 e. The van der Waals surface area contributed by atoms with Crippen LogP contribution in [0.4, 0.5) is 0 Å². The van der Waals surface area contributed by atoms with Crippen molar-refractivity contribution in [3.05, 3.63) is 93.5 Å². The van der Waals surface area contributed by atoms with Gasteiger partial charge in [0.15, 0.2) is 11.5 Å². The van der Waals surface area contributed by atoms with Crippen LogP contribution in [0.5, 0.6) is 11.5 Å². The minimum Gasteiger partial charge on any atom is -0.493 e. The number of hydrogen-bond acceptors (Lipinski definition) is 4. The summed E-state index contributed by atoms with van der Waals surface area (Å²) in [5.41, 5.74) is 2.67. The van der Waals surface area contributed by atoms with Crippen molar-refractivity contribution in [2.75, 3.05) is 13.7 Å². The lowest BCUT2D eigenvalue weighted by Crippen LogP contribution is -2.21. The molecule has 0 heterocycles. The molecule has 0 spiro atoms. The Hall–Kier alpha value is -2.24. The number of ether oxygens (including phenoxy) is 2. The maximum absolute atomic E-state index is 10.3. The molecule has 0 aromatic heterocycles. The van der Waals surface area contributed by atoms with Crippen molar-refractivity contribution in [3.63, 3.8) is 0 Å². The lowest BCUT2D eigenvalue weighted by atomic mass is 10.1. The van der Waals surface area contributed by atoms with Gasteiger partial charge in [-0.05, 0) is 29.3 Å². The van der Waals surface area contributed by atoms with Crippen molar-refractivity contribution in [2.45, 2.75) is 19.3 Å².